The van der Waals surface area contributed by atoms with Gasteiger partial charge >= 0.3 is 6.18 Å². The molecule has 0 amide bonds. The molecule has 0 aliphatic carbocycles. The largest absolute Gasteiger partial charge is 0.431 e. The van der Waals surface area contributed by atoms with Crippen molar-refractivity contribution >= 4 is 32.5 Å². The molecule has 0 atom stereocenters. The Kier molecular flexibility index (Phi) is 6.46. The number of imidazole rings is 1. The number of alkyl halides is 3. The number of pyridine rings is 2. The van der Waals surface area contributed by atoms with Gasteiger partial charge in [-0.15, -0.1) is 0 Å². The van der Waals surface area contributed by atoms with Crippen LogP contribution in [0.15, 0.2) is 46.1 Å². The summed E-state index contributed by atoms with van der Waals surface area (Å²) in [6.45, 7) is 2.58. The van der Waals surface area contributed by atoms with Gasteiger partial charge in [-0.1, -0.05) is 18.5 Å². The highest BCUT2D eigenvalue weighted by atomic mass is 35.5. The molecule has 0 fully saturated rings. The van der Waals surface area contributed by atoms with Gasteiger partial charge in [-0.25, -0.2) is 22.8 Å². The van der Waals surface area contributed by atoms with Crippen LogP contribution >= 0.6 is 11.6 Å². The molecule has 1 aromatic carbocycles. The molecule has 0 N–H and O–H groups in total. The Hall–Kier alpha value is -3.25. The normalized spacial score (nSPS) is 12.4. The summed E-state index contributed by atoms with van der Waals surface area (Å²) < 4.78 is 82.3. The average Bonchev–Trinajstić information content (AvgIpc) is 3.13. The van der Waals surface area contributed by atoms with E-state index in [1.165, 1.54) is 43.7 Å². The van der Waals surface area contributed by atoms with Crippen molar-refractivity contribution in [2.75, 3.05) is 5.75 Å². The van der Waals surface area contributed by atoms with E-state index in [-0.39, 0.29) is 56.0 Å². The summed E-state index contributed by atoms with van der Waals surface area (Å²) in [5.74, 6) is -1.08. The molecule has 0 aliphatic rings. The zero-order valence-electron chi connectivity index (χ0n) is 19.2. The number of hydrogen-bond donors (Lipinski definition) is 0. The number of benzene rings is 1. The predicted octanol–water partition coefficient (Wildman–Crippen LogP) is 5.09. The van der Waals surface area contributed by atoms with Crippen molar-refractivity contribution in [2.45, 2.75) is 31.5 Å². The summed E-state index contributed by atoms with van der Waals surface area (Å²) in [6.07, 6.45) is -4.81. The molecule has 0 aliphatic heterocycles. The van der Waals surface area contributed by atoms with Crippen LogP contribution in [0.3, 0.4) is 0 Å². The van der Waals surface area contributed by atoms with Crippen LogP contribution in [0.25, 0.3) is 33.8 Å². The lowest BCUT2D eigenvalue weighted by atomic mass is 10.1. The van der Waals surface area contributed by atoms with E-state index in [9.17, 15) is 30.8 Å². The van der Waals surface area contributed by atoms with Crippen molar-refractivity contribution < 1.29 is 26.0 Å². The Balaban J connectivity index is 2.08. The molecule has 0 bridgehead atoms. The van der Waals surface area contributed by atoms with E-state index >= 15 is 0 Å². The van der Waals surface area contributed by atoms with Crippen LogP contribution in [-0.4, -0.2) is 33.3 Å². The molecule has 0 saturated heterocycles. The van der Waals surface area contributed by atoms with Gasteiger partial charge in [0.1, 0.15) is 22.7 Å². The van der Waals surface area contributed by atoms with Gasteiger partial charge in [0, 0.05) is 24.2 Å². The first-order chi connectivity index (χ1) is 16.8. The SMILES string of the molecule is CCn1c(C(F)(F)F)cc2nc(-c3nc(-c4cc(F)cc(Cl)c4)ccc3S(=O)(=O)CC)n(C)c2c1=O. The average molecular weight is 543 g/mol. The molecule has 3 heterocycles. The van der Waals surface area contributed by atoms with Crippen molar-refractivity contribution in [3.05, 3.63) is 63.3 Å². The molecule has 13 heteroatoms. The van der Waals surface area contributed by atoms with Crippen molar-refractivity contribution in [1.82, 2.24) is 19.1 Å². The predicted molar refractivity (Wildman–Crippen MR) is 127 cm³/mol. The highest BCUT2D eigenvalue weighted by Gasteiger charge is 2.36. The number of hydrogen-bond acceptors (Lipinski definition) is 5. The number of fused-ring (bicyclic) bond motifs is 1. The Morgan fingerprint density at radius 3 is 2.33 bits per heavy atom. The molecule has 0 spiro atoms. The first-order valence-electron chi connectivity index (χ1n) is 10.7. The minimum Gasteiger partial charge on any atom is -0.321 e. The molecular weight excluding hydrogens is 524 g/mol. The van der Waals surface area contributed by atoms with Crippen molar-refractivity contribution in [3.8, 4) is 22.8 Å². The highest BCUT2D eigenvalue weighted by Crippen LogP contribution is 2.34. The lowest BCUT2D eigenvalue weighted by Crippen LogP contribution is -2.28. The summed E-state index contributed by atoms with van der Waals surface area (Å²) >= 11 is 5.95. The smallest absolute Gasteiger partial charge is 0.321 e. The van der Waals surface area contributed by atoms with Crippen LogP contribution in [0, 0.1) is 5.82 Å². The fourth-order valence-electron chi connectivity index (χ4n) is 3.95. The third-order valence-electron chi connectivity index (χ3n) is 5.68. The maximum Gasteiger partial charge on any atom is 0.431 e. The van der Waals surface area contributed by atoms with Crippen LogP contribution in [0.5, 0.6) is 0 Å². The molecule has 0 radical (unpaired) electrons. The van der Waals surface area contributed by atoms with Crippen LogP contribution in [0.1, 0.15) is 19.5 Å². The second kappa shape index (κ2) is 9.00. The molecule has 36 heavy (non-hydrogen) atoms. The summed E-state index contributed by atoms with van der Waals surface area (Å²) in [6, 6.07) is 7.04. The van der Waals surface area contributed by atoms with E-state index in [0.717, 1.165) is 18.2 Å². The number of aryl methyl sites for hydroxylation is 1. The third-order valence-corrected chi connectivity index (χ3v) is 7.66. The summed E-state index contributed by atoms with van der Waals surface area (Å²) in [5.41, 5.74) is -2.33. The monoisotopic (exact) mass is 542 g/mol. The molecule has 0 saturated carbocycles. The first-order valence-corrected chi connectivity index (χ1v) is 12.7. The maximum absolute atomic E-state index is 14.0. The van der Waals surface area contributed by atoms with Gasteiger partial charge in [-0.2, -0.15) is 13.2 Å². The van der Waals surface area contributed by atoms with E-state index in [1.54, 1.807) is 0 Å². The Morgan fingerprint density at radius 1 is 1.06 bits per heavy atom. The number of rotatable bonds is 5. The van der Waals surface area contributed by atoms with Crippen molar-refractivity contribution in [1.29, 1.82) is 0 Å². The highest BCUT2D eigenvalue weighted by molar-refractivity contribution is 7.91. The zero-order valence-corrected chi connectivity index (χ0v) is 20.8. The third kappa shape index (κ3) is 4.39. The summed E-state index contributed by atoms with van der Waals surface area (Å²) in [7, 11) is -2.50. The minimum atomic E-state index is -4.81. The lowest BCUT2D eigenvalue weighted by Gasteiger charge is -2.14. The van der Waals surface area contributed by atoms with Crippen molar-refractivity contribution in [3.63, 3.8) is 0 Å². The fourth-order valence-corrected chi connectivity index (χ4v) is 5.19. The molecule has 3 aromatic heterocycles. The summed E-state index contributed by atoms with van der Waals surface area (Å²) in [4.78, 5) is 21.4. The van der Waals surface area contributed by atoms with E-state index in [4.69, 9.17) is 11.6 Å². The molecule has 190 valence electrons. The van der Waals surface area contributed by atoms with Gasteiger partial charge in [0.15, 0.2) is 15.7 Å². The maximum atomic E-state index is 14.0. The topological polar surface area (TPSA) is 86.8 Å². The van der Waals surface area contributed by atoms with Gasteiger partial charge < -0.3 is 9.13 Å². The van der Waals surface area contributed by atoms with Gasteiger partial charge in [-0.3, -0.25) is 4.79 Å². The van der Waals surface area contributed by atoms with Gasteiger partial charge in [0.25, 0.3) is 5.56 Å². The molecule has 0 unspecified atom stereocenters. The second-order valence-corrected chi connectivity index (χ2v) is 10.6. The van der Waals surface area contributed by atoms with Gasteiger partial charge in [-0.05, 0) is 43.3 Å². The Labute approximate surface area is 207 Å². The van der Waals surface area contributed by atoms with Crippen LogP contribution in [0.2, 0.25) is 5.02 Å². The van der Waals surface area contributed by atoms with E-state index in [2.05, 4.69) is 9.97 Å². The van der Waals surface area contributed by atoms with Crippen LogP contribution < -0.4 is 5.56 Å². The molecule has 4 rings (SSSR count). The fraction of sp³-hybridized carbons (Fsp3) is 0.261. The lowest BCUT2D eigenvalue weighted by molar-refractivity contribution is -0.144. The Morgan fingerprint density at radius 2 is 1.75 bits per heavy atom. The van der Waals surface area contributed by atoms with Crippen LogP contribution in [-0.2, 0) is 29.6 Å². The number of aromatic nitrogens is 4. The standard InChI is InChI=1S/C23H19ClF4N4O3S/c1-4-32-18(23(26,27)28)11-16-20(22(32)33)31(3)21(30-16)19-17(36(34,35)5-2)7-6-15(29-19)12-8-13(24)10-14(25)9-12/h6-11H,4-5H2,1-3H3. The number of sulfone groups is 1. The van der Waals surface area contributed by atoms with Crippen LogP contribution in [0.4, 0.5) is 17.6 Å². The molecular formula is C23H19ClF4N4O3S. The molecule has 7 nitrogen and oxygen atoms in total. The number of halogens is 5. The van der Waals surface area contributed by atoms with E-state index < -0.39 is 33.1 Å². The zero-order chi connectivity index (χ0) is 26.6. The number of nitrogens with zero attached hydrogens (tertiary/aromatic N) is 4. The molecule has 4 aromatic rings. The Bertz CT molecular complexity index is 1660. The minimum absolute atomic E-state index is 0.0844. The quantitative estimate of drug-likeness (QED) is 0.328. The van der Waals surface area contributed by atoms with Gasteiger partial charge in [0.2, 0.25) is 0 Å². The van der Waals surface area contributed by atoms with E-state index in [1.807, 2.05) is 0 Å². The van der Waals surface area contributed by atoms with Crippen molar-refractivity contribution in [2.24, 2.45) is 7.05 Å². The second-order valence-electron chi connectivity index (χ2n) is 7.91. The van der Waals surface area contributed by atoms with Gasteiger partial charge in [0.05, 0.1) is 21.9 Å². The first kappa shape index (κ1) is 25.8. The summed E-state index contributed by atoms with van der Waals surface area (Å²) in [5, 5.41) is 0.0844. The van der Waals surface area contributed by atoms with E-state index in [0.29, 0.717) is 4.57 Å².